The van der Waals surface area contributed by atoms with Crippen LogP contribution in [0.4, 0.5) is 0 Å². The molecule has 0 N–H and O–H groups in total. The van der Waals surface area contributed by atoms with Crippen molar-refractivity contribution in [2.75, 3.05) is 7.11 Å². The smallest absolute Gasteiger partial charge is 0.338 e. The van der Waals surface area contributed by atoms with Crippen molar-refractivity contribution >= 4 is 28.7 Å². The summed E-state index contributed by atoms with van der Waals surface area (Å²) in [7, 11) is 1.38. The molecule has 0 aliphatic rings. The van der Waals surface area contributed by atoms with Crippen LogP contribution in [0.2, 0.25) is 5.02 Å². The second-order valence-corrected chi connectivity index (χ2v) is 8.76. The molecule has 6 nitrogen and oxygen atoms in total. The SMILES string of the molecule is CCc1nc2c(C)cc(C)nc2n1Cc1ccc(OCc2cccc(C(=O)OC)c2C)c(Cl)c1. The average Bonchev–Trinajstić information content (AvgIpc) is 3.16. The lowest BCUT2D eigenvalue weighted by atomic mass is 10.0. The summed E-state index contributed by atoms with van der Waals surface area (Å²) in [6.45, 7) is 8.97. The molecule has 0 saturated heterocycles. The summed E-state index contributed by atoms with van der Waals surface area (Å²) in [6, 6.07) is 13.4. The van der Waals surface area contributed by atoms with Gasteiger partial charge in [0.2, 0.25) is 0 Å². The van der Waals surface area contributed by atoms with Crippen LogP contribution in [0.15, 0.2) is 42.5 Å². The Morgan fingerprint density at radius 2 is 1.88 bits per heavy atom. The van der Waals surface area contributed by atoms with Crippen LogP contribution >= 0.6 is 11.6 Å². The molecular weight excluding hydrogens is 450 g/mol. The summed E-state index contributed by atoms with van der Waals surface area (Å²) in [6.07, 6.45) is 0.813. The third-order valence-corrected chi connectivity index (χ3v) is 6.28. The van der Waals surface area contributed by atoms with Gasteiger partial charge in [0, 0.05) is 12.1 Å². The highest BCUT2D eigenvalue weighted by molar-refractivity contribution is 6.32. The Hall–Kier alpha value is -3.38. The predicted octanol–water partition coefficient (Wildman–Crippen LogP) is 5.99. The van der Waals surface area contributed by atoms with Gasteiger partial charge in [-0.2, -0.15) is 0 Å². The van der Waals surface area contributed by atoms with Crippen LogP contribution < -0.4 is 4.74 Å². The first-order chi connectivity index (χ1) is 16.3. The number of carbonyl (C=O) groups excluding carboxylic acids is 1. The second kappa shape index (κ2) is 9.85. The molecule has 0 radical (unpaired) electrons. The minimum absolute atomic E-state index is 0.296. The van der Waals surface area contributed by atoms with Crippen LogP contribution in [-0.2, 0) is 24.3 Å². The highest BCUT2D eigenvalue weighted by Gasteiger charge is 2.15. The fourth-order valence-electron chi connectivity index (χ4n) is 4.15. The van der Waals surface area contributed by atoms with Gasteiger partial charge in [-0.15, -0.1) is 0 Å². The number of pyridine rings is 1. The number of ether oxygens (including phenoxy) is 2. The van der Waals surface area contributed by atoms with Crippen LogP contribution in [0.3, 0.4) is 0 Å². The Labute approximate surface area is 204 Å². The molecule has 0 aliphatic carbocycles. The number of rotatable bonds is 7. The molecule has 2 aromatic heterocycles. The monoisotopic (exact) mass is 477 g/mol. The Balaban J connectivity index is 1.56. The van der Waals surface area contributed by atoms with Gasteiger partial charge in [0.1, 0.15) is 23.7 Å². The van der Waals surface area contributed by atoms with Crippen molar-refractivity contribution in [2.45, 2.75) is 47.3 Å². The van der Waals surface area contributed by atoms with E-state index in [-0.39, 0.29) is 5.97 Å². The second-order valence-electron chi connectivity index (χ2n) is 8.36. The summed E-state index contributed by atoms with van der Waals surface area (Å²) in [4.78, 5) is 21.5. The number of esters is 1. The van der Waals surface area contributed by atoms with Crippen molar-refractivity contribution in [1.29, 1.82) is 0 Å². The number of benzene rings is 2. The van der Waals surface area contributed by atoms with E-state index in [1.807, 2.05) is 44.2 Å². The Bertz CT molecular complexity index is 1380. The van der Waals surface area contributed by atoms with Crippen LogP contribution in [0.25, 0.3) is 11.2 Å². The first-order valence-corrected chi connectivity index (χ1v) is 11.6. The van der Waals surface area contributed by atoms with E-state index < -0.39 is 0 Å². The molecule has 0 aliphatic heterocycles. The first-order valence-electron chi connectivity index (χ1n) is 11.2. The van der Waals surface area contributed by atoms with Crippen LogP contribution in [0.1, 0.15) is 51.1 Å². The van der Waals surface area contributed by atoms with Crippen LogP contribution in [0, 0.1) is 20.8 Å². The van der Waals surface area contributed by atoms with E-state index in [1.54, 1.807) is 6.07 Å². The molecule has 7 heteroatoms. The van der Waals surface area contributed by atoms with Crippen molar-refractivity contribution in [2.24, 2.45) is 0 Å². The van der Waals surface area contributed by atoms with E-state index in [0.717, 1.165) is 51.4 Å². The number of hydrogen-bond acceptors (Lipinski definition) is 5. The fraction of sp³-hybridized carbons (Fsp3) is 0.296. The third-order valence-electron chi connectivity index (χ3n) is 5.99. The van der Waals surface area contributed by atoms with Crippen molar-refractivity contribution in [1.82, 2.24) is 14.5 Å². The summed E-state index contributed by atoms with van der Waals surface area (Å²) in [5.41, 5.74) is 7.24. The van der Waals surface area contributed by atoms with E-state index in [1.165, 1.54) is 7.11 Å². The summed E-state index contributed by atoms with van der Waals surface area (Å²) >= 11 is 6.58. The molecule has 0 unspecified atom stereocenters. The minimum Gasteiger partial charge on any atom is -0.487 e. The van der Waals surface area contributed by atoms with Gasteiger partial charge in [-0.1, -0.05) is 36.7 Å². The van der Waals surface area contributed by atoms with Gasteiger partial charge in [0.25, 0.3) is 0 Å². The summed E-state index contributed by atoms with van der Waals surface area (Å²) in [5, 5.41) is 0.530. The van der Waals surface area contributed by atoms with Crippen molar-refractivity contribution in [3.8, 4) is 5.75 Å². The van der Waals surface area contributed by atoms with E-state index in [9.17, 15) is 4.79 Å². The van der Waals surface area contributed by atoms with Gasteiger partial charge in [0.15, 0.2) is 5.65 Å². The van der Waals surface area contributed by atoms with Gasteiger partial charge in [-0.3, -0.25) is 0 Å². The van der Waals surface area contributed by atoms with E-state index in [0.29, 0.717) is 29.5 Å². The first kappa shape index (κ1) is 23.8. The molecule has 0 atom stereocenters. The van der Waals surface area contributed by atoms with Crippen LogP contribution in [-0.4, -0.2) is 27.6 Å². The number of halogens is 1. The van der Waals surface area contributed by atoms with Gasteiger partial charge >= 0.3 is 5.97 Å². The highest BCUT2D eigenvalue weighted by atomic mass is 35.5. The van der Waals surface area contributed by atoms with Crippen LogP contribution in [0.5, 0.6) is 5.75 Å². The zero-order chi connectivity index (χ0) is 24.4. The largest absolute Gasteiger partial charge is 0.487 e. The molecule has 176 valence electrons. The molecule has 4 aromatic rings. The number of nitrogens with zero attached hydrogens (tertiary/aromatic N) is 3. The third kappa shape index (κ3) is 4.64. The predicted molar refractivity (Wildman–Crippen MR) is 134 cm³/mol. The Morgan fingerprint density at radius 1 is 1.09 bits per heavy atom. The molecule has 34 heavy (non-hydrogen) atoms. The maximum atomic E-state index is 12.0. The summed E-state index contributed by atoms with van der Waals surface area (Å²) < 4.78 is 13.0. The molecule has 0 fully saturated rings. The fourth-order valence-corrected chi connectivity index (χ4v) is 4.41. The van der Waals surface area contributed by atoms with Crippen molar-refractivity contribution in [3.63, 3.8) is 0 Å². The molecule has 0 spiro atoms. The lowest BCUT2D eigenvalue weighted by Gasteiger charge is -2.14. The van der Waals surface area contributed by atoms with Gasteiger partial charge in [-0.25, -0.2) is 14.8 Å². The lowest BCUT2D eigenvalue weighted by Crippen LogP contribution is -2.08. The molecule has 0 amide bonds. The van der Waals surface area contributed by atoms with Gasteiger partial charge in [0.05, 0.1) is 24.2 Å². The highest BCUT2D eigenvalue weighted by Crippen LogP contribution is 2.29. The lowest BCUT2D eigenvalue weighted by molar-refractivity contribution is 0.0599. The number of carbonyl (C=O) groups is 1. The van der Waals surface area contributed by atoms with E-state index >= 15 is 0 Å². The standard InChI is InChI=1S/C27H28ClN3O3/c1-6-24-30-25-16(2)12-17(3)29-26(25)31(24)14-19-10-11-23(22(28)13-19)34-15-20-8-7-9-21(18(20)4)27(32)33-5/h7-13H,6,14-15H2,1-5H3. The zero-order valence-electron chi connectivity index (χ0n) is 20.1. The molecule has 2 aromatic carbocycles. The maximum Gasteiger partial charge on any atom is 0.338 e. The number of aryl methyl sites for hydroxylation is 3. The number of imidazole rings is 1. The molecule has 4 rings (SSSR count). The topological polar surface area (TPSA) is 66.2 Å². The maximum absolute atomic E-state index is 12.0. The number of hydrogen-bond donors (Lipinski definition) is 0. The quantitative estimate of drug-likeness (QED) is 0.306. The summed E-state index contributed by atoms with van der Waals surface area (Å²) in [5.74, 6) is 1.22. The Morgan fingerprint density at radius 3 is 2.59 bits per heavy atom. The molecule has 2 heterocycles. The Kier molecular flexibility index (Phi) is 6.89. The average molecular weight is 478 g/mol. The van der Waals surface area contributed by atoms with E-state index in [2.05, 4.69) is 24.5 Å². The molecular formula is C27H28ClN3O3. The molecule has 0 saturated carbocycles. The minimum atomic E-state index is -0.361. The van der Waals surface area contributed by atoms with E-state index in [4.69, 9.17) is 31.0 Å². The molecule has 0 bridgehead atoms. The number of aromatic nitrogens is 3. The van der Waals surface area contributed by atoms with Crippen molar-refractivity contribution in [3.05, 3.63) is 86.8 Å². The van der Waals surface area contributed by atoms with Gasteiger partial charge in [-0.05, 0) is 67.3 Å². The zero-order valence-corrected chi connectivity index (χ0v) is 20.9. The van der Waals surface area contributed by atoms with Gasteiger partial charge < -0.3 is 14.0 Å². The normalized spacial score (nSPS) is 11.1. The number of fused-ring (bicyclic) bond motifs is 1. The van der Waals surface area contributed by atoms with Crippen molar-refractivity contribution < 1.29 is 14.3 Å². The number of methoxy groups -OCH3 is 1.